The van der Waals surface area contributed by atoms with Crippen LogP contribution >= 0.6 is 0 Å². The average molecular weight is 569 g/mol. The monoisotopic (exact) mass is 568 g/mol. The van der Waals surface area contributed by atoms with Crippen LogP contribution in [0.15, 0.2) is 103 Å². The minimum Gasteiger partial charge on any atom is -0.288 e. The summed E-state index contributed by atoms with van der Waals surface area (Å²) in [6.07, 6.45) is -4.44. The molecule has 0 radical (unpaired) electrons. The van der Waals surface area contributed by atoms with Gasteiger partial charge < -0.3 is 0 Å². The molecule has 8 nitrogen and oxygen atoms in total. The van der Waals surface area contributed by atoms with Gasteiger partial charge >= 0.3 is 6.18 Å². The molecule has 11 heteroatoms. The molecule has 0 aliphatic carbocycles. The number of alkyl halides is 3. The predicted octanol–water partition coefficient (Wildman–Crippen LogP) is 6.20. The first kappa shape index (κ1) is 26.9. The summed E-state index contributed by atoms with van der Waals surface area (Å²) in [5, 5.41) is 22.9. The molecular weight excluding hydrogens is 545 g/mol. The van der Waals surface area contributed by atoms with Gasteiger partial charge in [0.25, 0.3) is 5.91 Å². The molecule has 6 aromatic rings. The lowest BCUT2D eigenvalue weighted by Gasteiger charge is -2.10. The second-order valence-electron chi connectivity index (χ2n) is 9.70. The number of nitrogens with zero attached hydrogens (tertiary/aromatic N) is 5. The van der Waals surface area contributed by atoms with Crippen molar-refractivity contribution in [2.75, 3.05) is 0 Å². The fourth-order valence-electron chi connectivity index (χ4n) is 4.68. The van der Waals surface area contributed by atoms with Crippen LogP contribution in [-0.4, -0.2) is 35.9 Å². The van der Waals surface area contributed by atoms with Gasteiger partial charge in [-0.15, -0.1) is 0 Å². The van der Waals surface area contributed by atoms with Crippen molar-refractivity contribution in [1.29, 1.82) is 0 Å². The van der Waals surface area contributed by atoms with Gasteiger partial charge in [-0.2, -0.15) is 33.3 Å². The normalized spacial score (nSPS) is 11.6. The number of hydrogen-bond acceptors (Lipinski definition) is 5. The van der Waals surface area contributed by atoms with E-state index in [1.54, 1.807) is 39.2 Å². The summed E-state index contributed by atoms with van der Waals surface area (Å²) in [5.74, 6) is -0.635. The highest BCUT2D eigenvalue weighted by Crippen LogP contribution is 2.33. The van der Waals surface area contributed by atoms with E-state index >= 15 is 0 Å². The summed E-state index contributed by atoms with van der Waals surface area (Å²) in [6.45, 7) is 0.809. The minimum atomic E-state index is -4.44. The molecule has 2 aromatic heterocycles. The summed E-state index contributed by atoms with van der Waals surface area (Å²) in [7, 11) is 0. The quantitative estimate of drug-likeness (QED) is 0.177. The number of rotatable bonds is 7. The average Bonchev–Trinajstić information content (AvgIpc) is 3.60. The van der Waals surface area contributed by atoms with Crippen LogP contribution in [0.25, 0.3) is 33.5 Å². The van der Waals surface area contributed by atoms with Crippen molar-refractivity contribution in [2.24, 2.45) is 0 Å². The largest absolute Gasteiger partial charge is 0.416 e. The maximum atomic E-state index is 13.2. The zero-order valence-corrected chi connectivity index (χ0v) is 22.0. The number of hydrogen-bond donors (Lipinski definition) is 2. The lowest BCUT2D eigenvalue weighted by atomic mass is 10.1. The molecule has 2 N–H and O–H groups in total. The molecule has 0 unspecified atom stereocenters. The molecule has 0 aliphatic rings. The maximum absolute atomic E-state index is 13.2. The van der Waals surface area contributed by atoms with Gasteiger partial charge in [-0.25, -0.2) is 5.48 Å². The topological polar surface area (TPSA) is 97.9 Å². The van der Waals surface area contributed by atoms with Crippen molar-refractivity contribution in [1.82, 2.24) is 30.3 Å². The molecule has 42 heavy (non-hydrogen) atoms. The molecule has 6 rings (SSSR count). The van der Waals surface area contributed by atoms with E-state index in [1.807, 2.05) is 54.6 Å². The standard InChI is InChI=1S/C31H23F3N6O2/c32-31(33,34)25-13-10-22(11-14-25)29-17-27(35-39(29)18-21-6-8-23(9-7-21)30(41)38-42)24-12-15-26-28(16-24)37-40(36-26)19-20-4-2-1-3-5-20/h1-17,42H,18-19H2,(H,38,41). The van der Waals surface area contributed by atoms with Gasteiger partial charge in [0.15, 0.2) is 0 Å². The Hall–Kier alpha value is -5.29. The lowest BCUT2D eigenvalue weighted by molar-refractivity contribution is -0.137. The number of amides is 1. The Morgan fingerprint density at radius 2 is 1.40 bits per heavy atom. The summed E-state index contributed by atoms with van der Waals surface area (Å²) in [4.78, 5) is 13.3. The molecule has 2 heterocycles. The number of nitrogens with one attached hydrogen (secondary N) is 1. The number of benzene rings is 4. The highest BCUT2D eigenvalue weighted by Gasteiger charge is 2.30. The zero-order chi connectivity index (χ0) is 29.3. The third-order valence-electron chi connectivity index (χ3n) is 6.82. The van der Waals surface area contributed by atoms with Gasteiger partial charge in [-0.1, -0.05) is 60.7 Å². The van der Waals surface area contributed by atoms with E-state index in [4.69, 9.17) is 10.3 Å². The summed E-state index contributed by atoms with van der Waals surface area (Å²) in [6, 6.07) is 28.8. The van der Waals surface area contributed by atoms with Crippen molar-refractivity contribution >= 4 is 16.9 Å². The Bertz CT molecular complexity index is 1860. The van der Waals surface area contributed by atoms with Crippen molar-refractivity contribution in [3.63, 3.8) is 0 Å². The molecule has 4 aromatic carbocycles. The van der Waals surface area contributed by atoms with E-state index in [2.05, 4.69) is 10.2 Å². The van der Waals surface area contributed by atoms with Gasteiger partial charge in [0.2, 0.25) is 0 Å². The second kappa shape index (κ2) is 10.9. The molecule has 0 saturated heterocycles. The van der Waals surface area contributed by atoms with E-state index in [0.29, 0.717) is 29.0 Å². The van der Waals surface area contributed by atoms with Gasteiger partial charge in [0, 0.05) is 11.1 Å². The molecular formula is C31H23F3N6O2. The van der Waals surface area contributed by atoms with E-state index in [-0.39, 0.29) is 12.1 Å². The number of carbonyl (C=O) groups is 1. The molecule has 0 aliphatic heterocycles. The van der Waals surface area contributed by atoms with Crippen LogP contribution in [0.4, 0.5) is 13.2 Å². The van der Waals surface area contributed by atoms with Crippen molar-refractivity contribution in [3.05, 3.63) is 125 Å². The number of carbonyl (C=O) groups excluding carboxylic acids is 1. The molecule has 0 bridgehead atoms. The van der Waals surface area contributed by atoms with Crippen LogP contribution in [0, 0.1) is 0 Å². The first-order chi connectivity index (χ1) is 20.3. The van der Waals surface area contributed by atoms with Gasteiger partial charge in [-0.05, 0) is 59.2 Å². The van der Waals surface area contributed by atoms with Gasteiger partial charge in [0.1, 0.15) is 11.0 Å². The second-order valence-corrected chi connectivity index (χ2v) is 9.70. The van der Waals surface area contributed by atoms with Crippen molar-refractivity contribution in [3.8, 4) is 22.5 Å². The number of aromatic nitrogens is 5. The Morgan fingerprint density at radius 1 is 0.738 bits per heavy atom. The van der Waals surface area contributed by atoms with Crippen LogP contribution in [0.2, 0.25) is 0 Å². The summed E-state index contributed by atoms with van der Waals surface area (Å²) >= 11 is 0. The van der Waals surface area contributed by atoms with Crippen LogP contribution in [0.3, 0.4) is 0 Å². The predicted molar refractivity (Wildman–Crippen MR) is 150 cm³/mol. The molecule has 0 spiro atoms. The van der Waals surface area contributed by atoms with Gasteiger partial charge in [-0.3, -0.25) is 14.7 Å². The molecule has 0 atom stereocenters. The highest BCUT2D eigenvalue weighted by molar-refractivity contribution is 5.93. The Labute approximate surface area is 237 Å². The Balaban J connectivity index is 1.36. The zero-order valence-electron chi connectivity index (χ0n) is 22.0. The van der Waals surface area contributed by atoms with E-state index in [0.717, 1.165) is 34.3 Å². The van der Waals surface area contributed by atoms with Crippen LogP contribution in [-0.2, 0) is 19.3 Å². The molecule has 1 amide bonds. The van der Waals surface area contributed by atoms with Crippen LogP contribution in [0.1, 0.15) is 27.0 Å². The highest BCUT2D eigenvalue weighted by atomic mass is 19.4. The van der Waals surface area contributed by atoms with Crippen LogP contribution in [0.5, 0.6) is 0 Å². The van der Waals surface area contributed by atoms with Crippen molar-refractivity contribution < 1.29 is 23.2 Å². The van der Waals surface area contributed by atoms with E-state index in [1.165, 1.54) is 12.1 Å². The third-order valence-corrected chi connectivity index (χ3v) is 6.82. The molecule has 210 valence electrons. The lowest BCUT2D eigenvalue weighted by Crippen LogP contribution is -2.18. The molecule has 0 saturated carbocycles. The third kappa shape index (κ3) is 5.63. The first-order valence-electron chi connectivity index (χ1n) is 12.9. The van der Waals surface area contributed by atoms with Crippen LogP contribution < -0.4 is 5.48 Å². The minimum absolute atomic E-state index is 0.277. The SMILES string of the molecule is O=C(NO)c1ccc(Cn2nc(-c3ccc4nn(Cc5ccccc5)nc4c3)cc2-c2ccc(C(F)(F)F)cc2)cc1. The summed E-state index contributed by atoms with van der Waals surface area (Å²) in [5.41, 5.74) is 6.98. The maximum Gasteiger partial charge on any atom is 0.416 e. The van der Waals surface area contributed by atoms with E-state index in [9.17, 15) is 18.0 Å². The van der Waals surface area contributed by atoms with Gasteiger partial charge in [0.05, 0.1) is 30.0 Å². The van der Waals surface area contributed by atoms with E-state index < -0.39 is 17.6 Å². The van der Waals surface area contributed by atoms with Crippen molar-refractivity contribution in [2.45, 2.75) is 19.3 Å². The fraction of sp³-hybridized carbons (Fsp3) is 0.0968. The summed E-state index contributed by atoms with van der Waals surface area (Å²) < 4.78 is 41.3. The molecule has 0 fully saturated rings. The number of hydroxylamine groups is 1. The number of fused-ring (bicyclic) bond motifs is 1. The smallest absolute Gasteiger partial charge is 0.288 e. The number of halogens is 3. The Morgan fingerprint density at radius 3 is 2.10 bits per heavy atom. The fourth-order valence-corrected chi connectivity index (χ4v) is 4.68. The first-order valence-corrected chi connectivity index (χ1v) is 12.9. The Kier molecular flexibility index (Phi) is 7.01.